The zero-order valence-electron chi connectivity index (χ0n) is 12.7. The van der Waals surface area contributed by atoms with Gasteiger partial charge in [0.2, 0.25) is 0 Å². The van der Waals surface area contributed by atoms with Crippen LogP contribution in [-0.2, 0) is 0 Å². The van der Waals surface area contributed by atoms with Crippen molar-refractivity contribution in [2.45, 2.75) is 76.4 Å². The van der Waals surface area contributed by atoms with Crippen molar-refractivity contribution in [3.05, 3.63) is 24.8 Å². The van der Waals surface area contributed by atoms with Gasteiger partial charge in [-0.15, -0.1) is 6.58 Å². The van der Waals surface area contributed by atoms with Gasteiger partial charge in [-0.1, -0.05) is 50.3 Å². The molecule has 3 heteroatoms. The predicted molar refractivity (Wildman–Crippen MR) is 84.6 cm³/mol. The molecule has 3 nitrogen and oxygen atoms in total. The highest BCUT2D eigenvalue weighted by Crippen LogP contribution is 2.10. The van der Waals surface area contributed by atoms with E-state index in [1.165, 1.54) is 38.5 Å². The standard InChI is InChI=1S/C17H32O3/c1-2-3-4-5-6-7-8-9-10-11-12-13-16(19)14-17(20)15-18/h2,12-13,16-20H,1,3-11,14-15H2/b13-12+. The maximum Gasteiger partial charge on any atom is 0.0798 e. The zero-order chi connectivity index (χ0) is 15.1. The van der Waals surface area contributed by atoms with Crippen molar-refractivity contribution in [1.29, 1.82) is 0 Å². The predicted octanol–water partition coefficient (Wildman–Crippen LogP) is 3.34. The van der Waals surface area contributed by atoms with E-state index in [-0.39, 0.29) is 13.0 Å². The number of hydrogen-bond donors (Lipinski definition) is 3. The lowest BCUT2D eigenvalue weighted by atomic mass is 10.1. The minimum Gasteiger partial charge on any atom is -0.394 e. The second kappa shape index (κ2) is 14.8. The quantitative estimate of drug-likeness (QED) is 0.339. The van der Waals surface area contributed by atoms with E-state index in [1.807, 2.05) is 12.2 Å². The Labute approximate surface area is 124 Å². The van der Waals surface area contributed by atoms with E-state index in [1.54, 1.807) is 6.08 Å². The summed E-state index contributed by atoms with van der Waals surface area (Å²) in [5, 5.41) is 27.3. The highest BCUT2D eigenvalue weighted by molar-refractivity contribution is 4.89. The molecule has 0 bridgehead atoms. The Morgan fingerprint density at radius 3 is 1.95 bits per heavy atom. The maximum atomic E-state index is 9.53. The molecular weight excluding hydrogens is 252 g/mol. The lowest BCUT2D eigenvalue weighted by molar-refractivity contribution is 0.0556. The van der Waals surface area contributed by atoms with E-state index in [2.05, 4.69) is 6.58 Å². The molecule has 2 atom stereocenters. The third kappa shape index (κ3) is 13.8. The molecule has 2 unspecified atom stereocenters. The van der Waals surface area contributed by atoms with E-state index in [0.29, 0.717) is 0 Å². The van der Waals surface area contributed by atoms with Gasteiger partial charge in [-0.3, -0.25) is 0 Å². The molecule has 0 aliphatic carbocycles. The topological polar surface area (TPSA) is 60.7 Å². The van der Waals surface area contributed by atoms with Crippen LogP contribution in [0.25, 0.3) is 0 Å². The van der Waals surface area contributed by atoms with Crippen molar-refractivity contribution in [1.82, 2.24) is 0 Å². The number of aliphatic hydroxyl groups is 3. The van der Waals surface area contributed by atoms with Crippen molar-refractivity contribution in [2.75, 3.05) is 6.61 Å². The monoisotopic (exact) mass is 284 g/mol. The molecule has 0 radical (unpaired) electrons. The molecular formula is C17H32O3. The molecule has 0 aliphatic rings. The number of hydrogen-bond acceptors (Lipinski definition) is 3. The van der Waals surface area contributed by atoms with Gasteiger partial charge in [-0.25, -0.2) is 0 Å². The van der Waals surface area contributed by atoms with Crippen molar-refractivity contribution in [3.63, 3.8) is 0 Å². The fourth-order valence-corrected chi connectivity index (χ4v) is 2.12. The molecule has 3 N–H and O–H groups in total. The van der Waals surface area contributed by atoms with Crippen LogP contribution in [0.4, 0.5) is 0 Å². The van der Waals surface area contributed by atoms with E-state index in [0.717, 1.165) is 19.3 Å². The molecule has 0 saturated heterocycles. The summed E-state index contributed by atoms with van der Waals surface area (Å²) >= 11 is 0. The number of unbranched alkanes of at least 4 members (excludes halogenated alkanes) is 8. The third-order valence-electron chi connectivity index (χ3n) is 3.36. The average molecular weight is 284 g/mol. The molecule has 0 aromatic heterocycles. The molecule has 0 spiro atoms. The van der Waals surface area contributed by atoms with Crippen molar-refractivity contribution < 1.29 is 15.3 Å². The second-order valence-electron chi connectivity index (χ2n) is 5.41. The Morgan fingerprint density at radius 2 is 1.40 bits per heavy atom. The average Bonchev–Trinajstić information content (AvgIpc) is 2.44. The molecule has 0 heterocycles. The van der Waals surface area contributed by atoms with E-state index < -0.39 is 12.2 Å². The first-order valence-electron chi connectivity index (χ1n) is 7.95. The molecule has 0 fully saturated rings. The summed E-state index contributed by atoms with van der Waals surface area (Å²) < 4.78 is 0. The minimum absolute atomic E-state index is 0.206. The van der Waals surface area contributed by atoms with Gasteiger partial charge >= 0.3 is 0 Å². The summed E-state index contributed by atoms with van der Waals surface area (Å²) in [7, 11) is 0. The number of allylic oxidation sites excluding steroid dienone is 2. The Kier molecular flexibility index (Phi) is 14.3. The van der Waals surface area contributed by atoms with Crippen molar-refractivity contribution >= 4 is 0 Å². The fraction of sp³-hybridized carbons (Fsp3) is 0.765. The summed E-state index contributed by atoms with van der Waals surface area (Å²) in [5.74, 6) is 0. The van der Waals surface area contributed by atoms with Crippen LogP contribution in [0.1, 0.15) is 64.2 Å². The van der Waals surface area contributed by atoms with Crippen LogP contribution < -0.4 is 0 Å². The molecule has 0 saturated carbocycles. The molecule has 0 aromatic carbocycles. The summed E-state index contributed by atoms with van der Waals surface area (Å²) in [6.45, 7) is 3.42. The van der Waals surface area contributed by atoms with Crippen LogP contribution in [0, 0.1) is 0 Å². The first-order valence-corrected chi connectivity index (χ1v) is 7.95. The Bertz CT molecular complexity index is 238. The molecule has 118 valence electrons. The fourth-order valence-electron chi connectivity index (χ4n) is 2.12. The zero-order valence-corrected chi connectivity index (χ0v) is 12.7. The van der Waals surface area contributed by atoms with Crippen LogP contribution in [0.5, 0.6) is 0 Å². The lowest BCUT2D eigenvalue weighted by Crippen LogP contribution is -2.19. The minimum atomic E-state index is -0.823. The van der Waals surface area contributed by atoms with Gasteiger partial charge < -0.3 is 15.3 Å². The summed E-state index contributed by atoms with van der Waals surface area (Å²) in [6.07, 6.45) is 15.4. The third-order valence-corrected chi connectivity index (χ3v) is 3.36. The van der Waals surface area contributed by atoms with Crippen LogP contribution in [0.3, 0.4) is 0 Å². The van der Waals surface area contributed by atoms with Gasteiger partial charge in [-0.2, -0.15) is 0 Å². The Morgan fingerprint density at radius 1 is 0.850 bits per heavy atom. The largest absolute Gasteiger partial charge is 0.394 e. The van der Waals surface area contributed by atoms with Crippen molar-refractivity contribution in [3.8, 4) is 0 Å². The molecule has 0 aliphatic heterocycles. The van der Waals surface area contributed by atoms with E-state index >= 15 is 0 Å². The number of aliphatic hydroxyl groups excluding tert-OH is 3. The normalized spacial score (nSPS) is 14.6. The Hall–Kier alpha value is -0.640. The van der Waals surface area contributed by atoms with E-state index in [4.69, 9.17) is 10.2 Å². The van der Waals surface area contributed by atoms with Gasteiger partial charge in [0.1, 0.15) is 0 Å². The summed E-state index contributed by atoms with van der Waals surface area (Å²) in [6, 6.07) is 0. The van der Waals surface area contributed by atoms with Crippen LogP contribution >= 0.6 is 0 Å². The molecule has 0 aromatic rings. The highest BCUT2D eigenvalue weighted by atomic mass is 16.3. The molecule has 0 rings (SSSR count). The highest BCUT2D eigenvalue weighted by Gasteiger charge is 2.07. The van der Waals surface area contributed by atoms with Gasteiger partial charge in [0.15, 0.2) is 0 Å². The summed E-state index contributed by atoms with van der Waals surface area (Å²) in [4.78, 5) is 0. The van der Waals surface area contributed by atoms with Gasteiger partial charge in [0, 0.05) is 6.42 Å². The second-order valence-corrected chi connectivity index (χ2v) is 5.41. The lowest BCUT2D eigenvalue weighted by Gasteiger charge is -2.09. The Balaban J connectivity index is 3.28. The smallest absolute Gasteiger partial charge is 0.0798 e. The van der Waals surface area contributed by atoms with E-state index in [9.17, 15) is 5.11 Å². The molecule has 20 heavy (non-hydrogen) atoms. The maximum absolute atomic E-state index is 9.53. The van der Waals surface area contributed by atoms with Gasteiger partial charge in [-0.05, 0) is 25.7 Å². The van der Waals surface area contributed by atoms with Crippen LogP contribution in [0.2, 0.25) is 0 Å². The first-order chi connectivity index (χ1) is 9.70. The summed E-state index contributed by atoms with van der Waals surface area (Å²) in [5.41, 5.74) is 0. The SMILES string of the molecule is C=CCCCCCCCCC/C=C/C(O)CC(O)CO. The van der Waals surface area contributed by atoms with Crippen LogP contribution in [0.15, 0.2) is 24.8 Å². The molecule has 0 amide bonds. The number of rotatable bonds is 14. The van der Waals surface area contributed by atoms with Gasteiger partial charge in [0.25, 0.3) is 0 Å². The first kappa shape index (κ1) is 19.4. The van der Waals surface area contributed by atoms with Crippen molar-refractivity contribution in [2.24, 2.45) is 0 Å². The van der Waals surface area contributed by atoms with Gasteiger partial charge in [0.05, 0.1) is 18.8 Å². The van der Waals surface area contributed by atoms with Crippen LogP contribution in [-0.4, -0.2) is 34.1 Å².